The Kier molecular flexibility index (Phi) is 5.38. The van der Waals surface area contributed by atoms with E-state index in [0.29, 0.717) is 29.0 Å². The van der Waals surface area contributed by atoms with Gasteiger partial charge in [-0.1, -0.05) is 22.9 Å². The first-order chi connectivity index (χ1) is 13.2. The van der Waals surface area contributed by atoms with Crippen LogP contribution in [0.25, 0.3) is 10.2 Å². The van der Waals surface area contributed by atoms with Crippen molar-refractivity contribution in [3.8, 4) is 5.75 Å². The SMILES string of the molecule is O=C(N1CCNCC1)N(COc1cccnc1)c1nc2ccc(Cl)cc2s1. The maximum atomic E-state index is 13.1. The van der Waals surface area contributed by atoms with Crippen LogP contribution in [0.5, 0.6) is 5.75 Å². The molecule has 1 N–H and O–H groups in total. The Bertz CT molecular complexity index is 930. The lowest BCUT2D eigenvalue weighted by atomic mass is 10.3. The number of thiazole rings is 1. The van der Waals surface area contributed by atoms with Crippen molar-refractivity contribution in [2.24, 2.45) is 0 Å². The van der Waals surface area contributed by atoms with Crippen molar-refractivity contribution >= 4 is 44.3 Å². The summed E-state index contributed by atoms with van der Waals surface area (Å²) in [6.07, 6.45) is 3.29. The minimum absolute atomic E-state index is 0.0575. The molecule has 1 aromatic carbocycles. The molecule has 0 atom stereocenters. The summed E-state index contributed by atoms with van der Waals surface area (Å²) in [7, 11) is 0. The second-order valence-electron chi connectivity index (χ2n) is 6.02. The van der Waals surface area contributed by atoms with Crippen molar-refractivity contribution in [2.45, 2.75) is 0 Å². The van der Waals surface area contributed by atoms with Crippen LogP contribution >= 0.6 is 22.9 Å². The van der Waals surface area contributed by atoms with Gasteiger partial charge in [-0.25, -0.2) is 14.7 Å². The van der Waals surface area contributed by atoms with Crippen molar-refractivity contribution in [1.82, 2.24) is 20.2 Å². The van der Waals surface area contributed by atoms with Gasteiger partial charge in [0.2, 0.25) is 0 Å². The van der Waals surface area contributed by atoms with Crippen LogP contribution in [0.4, 0.5) is 9.93 Å². The zero-order chi connectivity index (χ0) is 18.6. The number of hydrogen-bond donors (Lipinski definition) is 1. The molecule has 4 rings (SSSR count). The number of benzene rings is 1. The van der Waals surface area contributed by atoms with E-state index in [1.807, 2.05) is 17.0 Å². The molecular weight excluding hydrogens is 386 g/mol. The third-order valence-corrected chi connectivity index (χ3v) is 5.46. The lowest BCUT2D eigenvalue weighted by molar-refractivity contribution is 0.189. The predicted molar refractivity (Wildman–Crippen MR) is 107 cm³/mol. The Labute approximate surface area is 165 Å². The number of carbonyl (C=O) groups excluding carboxylic acids is 1. The summed E-state index contributed by atoms with van der Waals surface area (Å²) < 4.78 is 6.72. The molecule has 0 radical (unpaired) electrons. The van der Waals surface area contributed by atoms with Crippen molar-refractivity contribution in [2.75, 3.05) is 37.8 Å². The molecule has 9 heteroatoms. The number of amides is 2. The largest absolute Gasteiger partial charge is 0.471 e. The Hall–Kier alpha value is -2.42. The summed E-state index contributed by atoms with van der Waals surface area (Å²) in [6, 6.07) is 8.98. The van der Waals surface area contributed by atoms with Crippen molar-refractivity contribution in [3.63, 3.8) is 0 Å². The maximum Gasteiger partial charge on any atom is 0.329 e. The first-order valence-electron chi connectivity index (χ1n) is 8.57. The van der Waals surface area contributed by atoms with Gasteiger partial charge in [0, 0.05) is 37.4 Å². The first kappa shape index (κ1) is 18.0. The summed E-state index contributed by atoms with van der Waals surface area (Å²) in [5.41, 5.74) is 0.805. The number of nitrogens with one attached hydrogen (secondary N) is 1. The number of aromatic nitrogens is 2. The highest BCUT2D eigenvalue weighted by Crippen LogP contribution is 2.31. The second kappa shape index (κ2) is 8.08. The van der Waals surface area contributed by atoms with E-state index in [1.54, 1.807) is 35.5 Å². The van der Waals surface area contributed by atoms with Crippen molar-refractivity contribution in [3.05, 3.63) is 47.7 Å². The second-order valence-corrected chi connectivity index (χ2v) is 7.46. The van der Waals surface area contributed by atoms with Gasteiger partial charge < -0.3 is 15.0 Å². The van der Waals surface area contributed by atoms with Crippen LogP contribution in [-0.4, -0.2) is 53.8 Å². The molecule has 0 unspecified atom stereocenters. The van der Waals surface area contributed by atoms with Crippen LogP contribution in [0.2, 0.25) is 5.02 Å². The molecule has 3 heterocycles. The van der Waals surface area contributed by atoms with Gasteiger partial charge in [0.25, 0.3) is 0 Å². The molecule has 3 aromatic rings. The number of hydrogen-bond acceptors (Lipinski definition) is 6. The molecule has 140 valence electrons. The van der Waals surface area contributed by atoms with Gasteiger partial charge in [-0.3, -0.25) is 4.98 Å². The normalized spacial score (nSPS) is 14.3. The molecule has 1 saturated heterocycles. The number of halogens is 1. The molecule has 1 aliphatic rings. The summed E-state index contributed by atoms with van der Waals surface area (Å²) in [4.78, 5) is 25.2. The monoisotopic (exact) mass is 403 g/mol. The Morgan fingerprint density at radius 2 is 2.19 bits per heavy atom. The van der Waals surface area contributed by atoms with Crippen molar-refractivity contribution in [1.29, 1.82) is 0 Å². The average molecular weight is 404 g/mol. The minimum Gasteiger partial charge on any atom is -0.471 e. The summed E-state index contributed by atoms with van der Waals surface area (Å²) in [6.45, 7) is 2.91. The summed E-state index contributed by atoms with van der Waals surface area (Å²) in [5.74, 6) is 0.597. The van der Waals surface area contributed by atoms with E-state index in [0.717, 1.165) is 23.3 Å². The lowest BCUT2D eigenvalue weighted by Gasteiger charge is -2.31. The predicted octanol–water partition coefficient (Wildman–Crippen LogP) is 3.21. The highest BCUT2D eigenvalue weighted by Gasteiger charge is 2.26. The minimum atomic E-state index is -0.120. The summed E-state index contributed by atoms with van der Waals surface area (Å²) in [5, 5.41) is 4.48. The third-order valence-electron chi connectivity index (χ3n) is 4.18. The van der Waals surface area contributed by atoms with Gasteiger partial charge in [0.15, 0.2) is 11.9 Å². The molecule has 0 saturated carbocycles. The zero-order valence-corrected chi connectivity index (χ0v) is 16.0. The van der Waals surface area contributed by atoms with Gasteiger partial charge >= 0.3 is 6.03 Å². The number of fused-ring (bicyclic) bond motifs is 1. The van der Waals surface area contributed by atoms with E-state index in [1.165, 1.54) is 11.3 Å². The smallest absolute Gasteiger partial charge is 0.329 e. The molecule has 0 spiro atoms. The van der Waals surface area contributed by atoms with Gasteiger partial charge in [-0.2, -0.15) is 0 Å². The topological polar surface area (TPSA) is 70.6 Å². The van der Waals surface area contributed by atoms with E-state index >= 15 is 0 Å². The van der Waals surface area contributed by atoms with Gasteiger partial charge in [-0.05, 0) is 30.3 Å². The van der Waals surface area contributed by atoms with Crippen LogP contribution in [0.1, 0.15) is 0 Å². The number of rotatable bonds is 4. The quantitative estimate of drug-likeness (QED) is 0.677. The zero-order valence-electron chi connectivity index (χ0n) is 14.5. The van der Waals surface area contributed by atoms with Crippen LogP contribution in [0, 0.1) is 0 Å². The molecule has 7 nitrogen and oxygen atoms in total. The fraction of sp³-hybridized carbons (Fsp3) is 0.278. The van der Waals surface area contributed by atoms with E-state index in [2.05, 4.69) is 15.3 Å². The van der Waals surface area contributed by atoms with Crippen LogP contribution in [0.3, 0.4) is 0 Å². The number of nitrogens with zero attached hydrogens (tertiary/aromatic N) is 4. The molecule has 2 aromatic heterocycles. The van der Waals surface area contributed by atoms with Gasteiger partial charge in [-0.15, -0.1) is 0 Å². The lowest BCUT2D eigenvalue weighted by Crippen LogP contribution is -2.52. The van der Waals surface area contributed by atoms with E-state index in [-0.39, 0.29) is 12.8 Å². The molecule has 2 amide bonds. The van der Waals surface area contributed by atoms with Crippen LogP contribution < -0.4 is 15.0 Å². The number of anilines is 1. The van der Waals surface area contributed by atoms with E-state index in [9.17, 15) is 4.79 Å². The van der Waals surface area contributed by atoms with Crippen LogP contribution in [-0.2, 0) is 0 Å². The number of pyridine rings is 1. The van der Waals surface area contributed by atoms with E-state index < -0.39 is 0 Å². The molecular formula is C18H18ClN5O2S. The fourth-order valence-corrected chi connectivity index (χ4v) is 4.02. The number of piperazine rings is 1. The molecule has 1 fully saturated rings. The maximum absolute atomic E-state index is 13.1. The van der Waals surface area contributed by atoms with Gasteiger partial charge in [0.05, 0.1) is 16.4 Å². The number of urea groups is 1. The molecule has 0 aliphatic carbocycles. The number of carbonyl (C=O) groups is 1. The molecule has 27 heavy (non-hydrogen) atoms. The third kappa shape index (κ3) is 4.13. The first-order valence-corrected chi connectivity index (χ1v) is 9.76. The Morgan fingerprint density at radius 3 is 2.96 bits per heavy atom. The van der Waals surface area contributed by atoms with E-state index in [4.69, 9.17) is 16.3 Å². The molecule has 1 aliphatic heterocycles. The standard InChI is InChI=1S/C18H18ClN5O2S/c19-13-3-4-15-16(10-13)27-17(22-15)24(12-26-14-2-1-5-21-11-14)18(25)23-8-6-20-7-9-23/h1-5,10-11,20H,6-9,12H2. The Balaban J connectivity index is 1.62. The molecule has 0 bridgehead atoms. The fourth-order valence-electron chi connectivity index (χ4n) is 2.79. The van der Waals surface area contributed by atoms with Crippen LogP contribution in [0.15, 0.2) is 42.7 Å². The Morgan fingerprint density at radius 1 is 1.33 bits per heavy atom. The van der Waals surface area contributed by atoms with Gasteiger partial charge in [0.1, 0.15) is 5.75 Å². The average Bonchev–Trinajstić information content (AvgIpc) is 3.12. The highest BCUT2D eigenvalue weighted by molar-refractivity contribution is 7.22. The van der Waals surface area contributed by atoms with Crippen molar-refractivity contribution < 1.29 is 9.53 Å². The highest BCUT2D eigenvalue weighted by atomic mass is 35.5. The summed E-state index contributed by atoms with van der Waals surface area (Å²) >= 11 is 7.50. The number of ether oxygens (including phenoxy) is 1.